The highest BCUT2D eigenvalue weighted by atomic mass is 35.5. The Labute approximate surface area is 109 Å². The SMILES string of the molecule is Cc1ccncc1C(=O)Cc1cccc(Cl)c1F. The van der Waals surface area contributed by atoms with Crippen LogP contribution >= 0.6 is 11.6 Å². The lowest BCUT2D eigenvalue weighted by Crippen LogP contribution is -2.07. The van der Waals surface area contributed by atoms with Crippen LogP contribution in [-0.4, -0.2) is 10.8 Å². The molecule has 0 amide bonds. The molecule has 0 aliphatic carbocycles. The molecule has 0 N–H and O–H groups in total. The maximum atomic E-state index is 13.7. The quantitative estimate of drug-likeness (QED) is 0.792. The number of nitrogens with zero attached hydrogens (tertiary/aromatic N) is 1. The Bertz CT molecular complexity index is 598. The van der Waals surface area contributed by atoms with Crippen molar-refractivity contribution in [3.8, 4) is 0 Å². The van der Waals surface area contributed by atoms with Crippen molar-refractivity contribution in [2.75, 3.05) is 0 Å². The fraction of sp³-hybridized carbons (Fsp3) is 0.143. The average molecular weight is 264 g/mol. The van der Waals surface area contributed by atoms with Crippen molar-refractivity contribution in [2.45, 2.75) is 13.3 Å². The van der Waals surface area contributed by atoms with Crippen LogP contribution in [0.4, 0.5) is 4.39 Å². The van der Waals surface area contributed by atoms with Gasteiger partial charge in [-0.05, 0) is 30.2 Å². The summed E-state index contributed by atoms with van der Waals surface area (Å²) in [4.78, 5) is 16.0. The van der Waals surface area contributed by atoms with E-state index >= 15 is 0 Å². The minimum Gasteiger partial charge on any atom is -0.294 e. The Hall–Kier alpha value is -1.74. The molecule has 0 aliphatic heterocycles. The van der Waals surface area contributed by atoms with Crippen LogP contribution < -0.4 is 0 Å². The predicted octanol–water partition coefficient (Wildman–Crippen LogP) is 3.61. The van der Waals surface area contributed by atoms with Crippen LogP contribution in [0.15, 0.2) is 36.7 Å². The summed E-state index contributed by atoms with van der Waals surface area (Å²) in [6.45, 7) is 1.82. The molecule has 0 saturated carbocycles. The first-order valence-corrected chi connectivity index (χ1v) is 5.84. The fourth-order valence-corrected chi connectivity index (χ4v) is 1.90. The second kappa shape index (κ2) is 5.27. The van der Waals surface area contributed by atoms with Gasteiger partial charge in [0.25, 0.3) is 0 Å². The second-order valence-corrected chi connectivity index (χ2v) is 4.41. The number of rotatable bonds is 3. The maximum absolute atomic E-state index is 13.7. The minimum absolute atomic E-state index is 0.0150. The van der Waals surface area contributed by atoms with Gasteiger partial charge >= 0.3 is 0 Å². The highest BCUT2D eigenvalue weighted by Gasteiger charge is 2.14. The number of Topliss-reactive ketones (excluding diaryl/α,β-unsaturated/α-hetero) is 1. The van der Waals surface area contributed by atoms with Gasteiger partial charge in [-0.2, -0.15) is 0 Å². The van der Waals surface area contributed by atoms with E-state index < -0.39 is 5.82 Å². The molecule has 18 heavy (non-hydrogen) atoms. The highest BCUT2D eigenvalue weighted by molar-refractivity contribution is 6.30. The van der Waals surface area contributed by atoms with Gasteiger partial charge in [0.05, 0.1) is 5.02 Å². The van der Waals surface area contributed by atoms with E-state index in [1.165, 1.54) is 12.3 Å². The zero-order chi connectivity index (χ0) is 13.1. The molecule has 4 heteroatoms. The molecule has 2 aromatic rings. The van der Waals surface area contributed by atoms with E-state index in [-0.39, 0.29) is 17.2 Å². The van der Waals surface area contributed by atoms with Crippen molar-refractivity contribution in [2.24, 2.45) is 0 Å². The molecule has 92 valence electrons. The number of benzene rings is 1. The van der Waals surface area contributed by atoms with E-state index in [4.69, 9.17) is 11.6 Å². The topological polar surface area (TPSA) is 30.0 Å². The van der Waals surface area contributed by atoms with Gasteiger partial charge in [0.2, 0.25) is 0 Å². The summed E-state index contributed by atoms with van der Waals surface area (Å²) in [5.74, 6) is -0.698. The third kappa shape index (κ3) is 2.57. The first kappa shape index (κ1) is 12.7. The van der Waals surface area contributed by atoms with Gasteiger partial charge in [-0.25, -0.2) is 4.39 Å². The molecule has 2 nitrogen and oxygen atoms in total. The number of halogens is 2. The van der Waals surface area contributed by atoms with E-state index in [2.05, 4.69) is 4.98 Å². The van der Waals surface area contributed by atoms with E-state index in [0.717, 1.165) is 5.56 Å². The lowest BCUT2D eigenvalue weighted by Gasteiger charge is -2.06. The Morgan fingerprint density at radius 2 is 2.17 bits per heavy atom. The van der Waals surface area contributed by atoms with Gasteiger partial charge in [-0.3, -0.25) is 9.78 Å². The van der Waals surface area contributed by atoms with Crippen molar-refractivity contribution in [1.82, 2.24) is 4.98 Å². The maximum Gasteiger partial charge on any atom is 0.169 e. The van der Waals surface area contributed by atoms with Crippen LogP contribution in [0.2, 0.25) is 5.02 Å². The summed E-state index contributed by atoms with van der Waals surface area (Å²) in [5, 5.41) is 0.0307. The smallest absolute Gasteiger partial charge is 0.169 e. The minimum atomic E-state index is -0.533. The lowest BCUT2D eigenvalue weighted by atomic mass is 10.0. The van der Waals surface area contributed by atoms with E-state index in [1.807, 2.05) is 6.92 Å². The molecule has 0 unspecified atom stereocenters. The van der Waals surface area contributed by atoms with Gasteiger partial charge in [0, 0.05) is 24.4 Å². The molecule has 0 spiro atoms. The van der Waals surface area contributed by atoms with Gasteiger partial charge < -0.3 is 0 Å². The van der Waals surface area contributed by atoms with Crippen molar-refractivity contribution in [1.29, 1.82) is 0 Å². The van der Waals surface area contributed by atoms with E-state index in [9.17, 15) is 9.18 Å². The van der Waals surface area contributed by atoms with Crippen molar-refractivity contribution >= 4 is 17.4 Å². The molecule has 0 bridgehead atoms. The molecule has 2 rings (SSSR count). The molecule has 1 aromatic heterocycles. The van der Waals surface area contributed by atoms with Crippen molar-refractivity contribution in [3.05, 3.63) is 64.2 Å². The largest absolute Gasteiger partial charge is 0.294 e. The van der Waals surface area contributed by atoms with E-state index in [0.29, 0.717) is 11.1 Å². The molecular weight excluding hydrogens is 253 g/mol. The van der Waals surface area contributed by atoms with Gasteiger partial charge in [0.1, 0.15) is 5.82 Å². The number of hydrogen-bond donors (Lipinski definition) is 0. The van der Waals surface area contributed by atoms with Crippen LogP contribution in [0.5, 0.6) is 0 Å². The summed E-state index contributed by atoms with van der Waals surface area (Å²) in [7, 11) is 0. The molecule has 1 aromatic carbocycles. The molecule has 0 saturated heterocycles. The van der Waals surface area contributed by atoms with E-state index in [1.54, 1.807) is 24.4 Å². The monoisotopic (exact) mass is 263 g/mol. The average Bonchev–Trinajstić information content (AvgIpc) is 2.35. The van der Waals surface area contributed by atoms with Crippen molar-refractivity contribution in [3.63, 3.8) is 0 Å². The zero-order valence-corrected chi connectivity index (χ0v) is 10.5. The Morgan fingerprint density at radius 1 is 1.39 bits per heavy atom. The number of aromatic nitrogens is 1. The molecule has 1 heterocycles. The third-order valence-corrected chi connectivity index (χ3v) is 3.01. The van der Waals surface area contributed by atoms with Crippen LogP contribution in [0, 0.1) is 12.7 Å². The summed E-state index contributed by atoms with van der Waals surface area (Å²) >= 11 is 5.68. The van der Waals surface area contributed by atoms with Crippen LogP contribution in [0.3, 0.4) is 0 Å². The van der Waals surface area contributed by atoms with Crippen LogP contribution in [0.1, 0.15) is 21.5 Å². The van der Waals surface area contributed by atoms with Crippen molar-refractivity contribution < 1.29 is 9.18 Å². The Balaban J connectivity index is 2.27. The van der Waals surface area contributed by atoms with Crippen LogP contribution in [0.25, 0.3) is 0 Å². The number of ketones is 1. The standard InChI is InChI=1S/C14H11ClFNO/c1-9-5-6-17-8-11(9)13(18)7-10-3-2-4-12(15)14(10)16/h2-6,8H,7H2,1H3. The Kier molecular flexibility index (Phi) is 3.72. The van der Waals surface area contributed by atoms with Gasteiger partial charge in [-0.1, -0.05) is 23.7 Å². The van der Waals surface area contributed by atoms with Gasteiger partial charge in [-0.15, -0.1) is 0 Å². The normalized spacial score (nSPS) is 10.4. The highest BCUT2D eigenvalue weighted by Crippen LogP contribution is 2.19. The molecule has 0 fully saturated rings. The summed E-state index contributed by atoms with van der Waals surface area (Å²) in [6, 6.07) is 6.40. The molecule has 0 radical (unpaired) electrons. The summed E-state index contributed by atoms with van der Waals surface area (Å²) in [6.07, 6.45) is 3.10. The number of carbonyl (C=O) groups is 1. The molecule has 0 atom stereocenters. The third-order valence-electron chi connectivity index (χ3n) is 2.72. The second-order valence-electron chi connectivity index (χ2n) is 4.00. The zero-order valence-electron chi connectivity index (χ0n) is 9.78. The summed E-state index contributed by atoms with van der Waals surface area (Å²) in [5.41, 5.74) is 1.64. The first-order chi connectivity index (χ1) is 8.59. The summed E-state index contributed by atoms with van der Waals surface area (Å²) < 4.78 is 13.7. The fourth-order valence-electron chi connectivity index (χ4n) is 1.71. The number of aryl methyl sites for hydroxylation is 1. The predicted molar refractivity (Wildman–Crippen MR) is 68.4 cm³/mol. The number of carbonyl (C=O) groups excluding carboxylic acids is 1. The molecule has 0 aliphatic rings. The number of hydrogen-bond acceptors (Lipinski definition) is 2. The number of pyridine rings is 1. The molecular formula is C14H11ClFNO. The Morgan fingerprint density at radius 3 is 2.89 bits per heavy atom. The van der Waals surface area contributed by atoms with Crippen LogP contribution in [-0.2, 0) is 6.42 Å². The first-order valence-electron chi connectivity index (χ1n) is 5.46. The lowest BCUT2D eigenvalue weighted by molar-refractivity contribution is 0.0991. The van der Waals surface area contributed by atoms with Gasteiger partial charge in [0.15, 0.2) is 5.78 Å².